The van der Waals surface area contributed by atoms with Crippen molar-refractivity contribution < 1.29 is 9.90 Å². The number of hydrogen-bond acceptors (Lipinski definition) is 3. The van der Waals surface area contributed by atoms with E-state index in [2.05, 4.69) is 24.1 Å². The van der Waals surface area contributed by atoms with Crippen molar-refractivity contribution >= 4 is 5.97 Å². The van der Waals surface area contributed by atoms with Crippen LogP contribution in [0.1, 0.15) is 40.0 Å². The topological polar surface area (TPSA) is 52.6 Å². The van der Waals surface area contributed by atoms with Crippen LogP contribution in [0.15, 0.2) is 0 Å². The van der Waals surface area contributed by atoms with Gasteiger partial charge in [0.25, 0.3) is 0 Å². The lowest BCUT2D eigenvalue weighted by Crippen LogP contribution is -2.57. The van der Waals surface area contributed by atoms with Crippen molar-refractivity contribution in [3.8, 4) is 0 Å². The van der Waals surface area contributed by atoms with Gasteiger partial charge >= 0.3 is 5.97 Å². The van der Waals surface area contributed by atoms with Gasteiger partial charge < -0.3 is 15.3 Å². The van der Waals surface area contributed by atoms with Crippen molar-refractivity contribution in [3.05, 3.63) is 0 Å². The van der Waals surface area contributed by atoms with Gasteiger partial charge in [-0.25, -0.2) is 0 Å². The van der Waals surface area contributed by atoms with E-state index in [4.69, 9.17) is 0 Å². The number of nitrogens with one attached hydrogen (secondary N) is 1. The molecular formula is C13H26N2O2. The SMILES string of the molecule is CCC1(C)CCN(CC(C)(NC)C(=O)O)CC1. The monoisotopic (exact) mass is 242 g/mol. The van der Waals surface area contributed by atoms with Crippen molar-refractivity contribution in [1.82, 2.24) is 10.2 Å². The Hall–Kier alpha value is -0.610. The number of carboxylic acids is 1. The molecule has 4 nitrogen and oxygen atoms in total. The summed E-state index contributed by atoms with van der Waals surface area (Å²) in [7, 11) is 1.72. The number of likely N-dealkylation sites (tertiary alicyclic amines) is 1. The number of hydrogen-bond donors (Lipinski definition) is 2. The first-order valence-corrected chi connectivity index (χ1v) is 6.50. The first kappa shape index (κ1) is 14.5. The van der Waals surface area contributed by atoms with Crippen LogP contribution in [0, 0.1) is 5.41 Å². The fourth-order valence-electron chi connectivity index (χ4n) is 2.31. The standard InChI is InChI=1S/C13H26N2O2/c1-5-12(2)6-8-15(9-7-12)10-13(3,14-4)11(16)17/h14H,5-10H2,1-4H3,(H,16,17). The number of rotatable bonds is 5. The zero-order chi connectivity index (χ0) is 13.1. The smallest absolute Gasteiger partial charge is 0.324 e. The van der Waals surface area contributed by atoms with E-state index in [1.807, 2.05) is 0 Å². The summed E-state index contributed by atoms with van der Waals surface area (Å²) < 4.78 is 0. The second-order valence-electron chi connectivity index (χ2n) is 5.83. The van der Waals surface area contributed by atoms with Crippen molar-refractivity contribution in [2.45, 2.75) is 45.6 Å². The Morgan fingerprint density at radius 2 is 2.00 bits per heavy atom. The van der Waals surface area contributed by atoms with Crippen LogP contribution in [0.4, 0.5) is 0 Å². The second-order valence-corrected chi connectivity index (χ2v) is 5.83. The van der Waals surface area contributed by atoms with Crippen LogP contribution in [0.5, 0.6) is 0 Å². The van der Waals surface area contributed by atoms with Gasteiger partial charge in [-0.2, -0.15) is 0 Å². The van der Waals surface area contributed by atoms with Gasteiger partial charge in [0, 0.05) is 6.54 Å². The summed E-state index contributed by atoms with van der Waals surface area (Å²) in [6.45, 7) is 8.93. The minimum absolute atomic E-state index is 0.454. The van der Waals surface area contributed by atoms with E-state index in [-0.39, 0.29) is 0 Å². The molecule has 0 aliphatic carbocycles. The van der Waals surface area contributed by atoms with Gasteiger partial charge in [0.05, 0.1) is 0 Å². The molecule has 1 saturated heterocycles. The third kappa shape index (κ3) is 3.42. The predicted molar refractivity (Wildman–Crippen MR) is 69.2 cm³/mol. The molecule has 0 radical (unpaired) electrons. The highest BCUT2D eigenvalue weighted by Gasteiger charge is 2.36. The number of nitrogens with zero attached hydrogens (tertiary/aromatic N) is 1. The summed E-state index contributed by atoms with van der Waals surface area (Å²) >= 11 is 0. The van der Waals surface area contributed by atoms with Crippen molar-refractivity contribution in [2.75, 3.05) is 26.7 Å². The Morgan fingerprint density at radius 3 is 2.35 bits per heavy atom. The molecule has 0 spiro atoms. The van der Waals surface area contributed by atoms with Crippen LogP contribution >= 0.6 is 0 Å². The Bertz CT molecular complexity index is 273. The summed E-state index contributed by atoms with van der Waals surface area (Å²) in [6, 6.07) is 0. The van der Waals surface area contributed by atoms with Gasteiger partial charge in [-0.1, -0.05) is 20.3 Å². The van der Waals surface area contributed by atoms with Crippen LogP contribution in [0.3, 0.4) is 0 Å². The van der Waals surface area contributed by atoms with Gasteiger partial charge in [0.15, 0.2) is 0 Å². The van der Waals surface area contributed by atoms with Gasteiger partial charge in [-0.15, -0.1) is 0 Å². The van der Waals surface area contributed by atoms with E-state index >= 15 is 0 Å². The van der Waals surface area contributed by atoms with E-state index in [1.54, 1.807) is 14.0 Å². The molecule has 2 N–H and O–H groups in total. The highest BCUT2D eigenvalue weighted by molar-refractivity contribution is 5.78. The molecule has 1 fully saturated rings. The minimum Gasteiger partial charge on any atom is -0.480 e. The van der Waals surface area contributed by atoms with E-state index in [9.17, 15) is 9.90 Å². The van der Waals surface area contributed by atoms with Crippen molar-refractivity contribution in [1.29, 1.82) is 0 Å². The third-order valence-corrected chi connectivity index (χ3v) is 4.48. The summed E-state index contributed by atoms with van der Waals surface area (Å²) in [5.41, 5.74) is -0.379. The number of carboxylic acid groups (broad SMARTS) is 1. The minimum atomic E-state index is -0.833. The molecule has 0 aromatic heterocycles. The molecule has 1 aliphatic heterocycles. The zero-order valence-corrected chi connectivity index (χ0v) is 11.5. The largest absolute Gasteiger partial charge is 0.480 e. The molecule has 0 amide bonds. The predicted octanol–water partition coefficient (Wildman–Crippen LogP) is 1.56. The van der Waals surface area contributed by atoms with Gasteiger partial charge in [0.1, 0.15) is 5.54 Å². The summed E-state index contributed by atoms with van der Waals surface area (Å²) in [4.78, 5) is 13.5. The fourth-order valence-corrected chi connectivity index (χ4v) is 2.31. The van der Waals surface area contributed by atoms with Crippen LogP contribution in [0.2, 0.25) is 0 Å². The maximum absolute atomic E-state index is 11.2. The maximum Gasteiger partial charge on any atom is 0.324 e. The molecule has 1 aliphatic rings. The molecule has 17 heavy (non-hydrogen) atoms. The van der Waals surface area contributed by atoms with Gasteiger partial charge in [-0.3, -0.25) is 4.79 Å². The van der Waals surface area contributed by atoms with E-state index in [0.29, 0.717) is 12.0 Å². The Morgan fingerprint density at radius 1 is 1.47 bits per heavy atom. The zero-order valence-electron chi connectivity index (χ0n) is 11.5. The molecule has 1 heterocycles. The van der Waals surface area contributed by atoms with E-state index < -0.39 is 11.5 Å². The summed E-state index contributed by atoms with van der Waals surface area (Å²) in [5, 5.41) is 12.1. The highest BCUT2D eigenvalue weighted by atomic mass is 16.4. The fraction of sp³-hybridized carbons (Fsp3) is 0.923. The second kappa shape index (κ2) is 5.36. The van der Waals surface area contributed by atoms with Gasteiger partial charge in [0.2, 0.25) is 0 Å². The Labute approximate surface area is 104 Å². The normalized spacial score (nSPS) is 24.2. The average Bonchev–Trinajstić information content (AvgIpc) is 2.32. The lowest BCUT2D eigenvalue weighted by molar-refractivity contribution is -0.145. The molecule has 0 saturated carbocycles. The van der Waals surface area contributed by atoms with Crippen LogP contribution in [0.25, 0.3) is 0 Å². The van der Waals surface area contributed by atoms with Crippen LogP contribution < -0.4 is 5.32 Å². The molecule has 0 bridgehead atoms. The molecule has 100 valence electrons. The lowest BCUT2D eigenvalue weighted by Gasteiger charge is -2.41. The number of aliphatic carboxylic acids is 1. The summed E-state index contributed by atoms with van der Waals surface area (Å²) in [5.74, 6) is -0.774. The van der Waals surface area contributed by atoms with Crippen molar-refractivity contribution in [3.63, 3.8) is 0 Å². The van der Waals surface area contributed by atoms with E-state index in [1.165, 1.54) is 19.3 Å². The first-order valence-electron chi connectivity index (χ1n) is 6.50. The molecule has 1 atom stereocenters. The third-order valence-electron chi connectivity index (χ3n) is 4.48. The number of likely N-dealkylation sites (N-methyl/N-ethyl adjacent to an activating group) is 1. The maximum atomic E-state index is 11.2. The van der Waals surface area contributed by atoms with Crippen LogP contribution in [-0.4, -0.2) is 48.2 Å². The molecule has 1 unspecified atom stereocenters. The Balaban J connectivity index is 2.53. The molecule has 0 aromatic carbocycles. The quantitative estimate of drug-likeness (QED) is 0.768. The highest BCUT2D eigenvalue weighted by Crippen LogP contribution is 2.34. The number of piperidine rings is 1. The number of carbonyl (C=O) groups is 1. The lowest BCUT2D eigenvalue weighted by atomic mass is 9.78. The molecule has 1 rings (SSSR count). The van der Waals surface area contributed by atoms with E-state index in [0.717, 1.165) is 13.1 Å². The molecule has 4 heteroatoms. The van der Waals surface area contributed by atoms with Gasteiger partial charge in [-0.05, 0) is 45.3 Å². The average molecular weight is 242 g/mol. The Kier molecular flexibility index (Phi) is 4.55. The first-order chi connectivity index (χ1) is 7.85. The molecule has 0 aromatic rings. The summed E-state index contributed by atoms with van der Waals surface area (Å²) in [6.07, 6.45) is 3.55. The van der Waals surface area contributed by atoms with Crippen LogP contribution in [-0.2, 0) is 4.79 Å². The molecular weight excluding hydrogens is 216 g/mol. The van der Waals surface area contributed by atoms with Crippen molar-refractivity contribution in [2.24, 2.45) is 5.41 Å².